The number of hydrogen-bond acceptors (Lipinski definition) is 2. The van der Waals surface area contributed by atoms with Crippen LogP contribution in [0.4, 0.5) is 4.79 Å². The fraction of sp³-hybridized carbons (Fsp3) is 0.333. The molecule has 1 saturated heterocycles. The Morgan fingerprint density at radius 2 is 1.88 bits per heavy atom. The topological polar surface area (TPSA) is 58.2 Å². The lowest BCUT2D eigenvalue weighted by atomic mass is 9.86. The quantitative estimate of drug-likeness (QED) is 0.756. The second-order valence-electron chi connectivity index (χ2n) is 3.93. The van der Waals surface area contributed by atoms with Gasteiger partial charge in [0, 0.05) is 0 Å². The molecule has 1 aliphatic rings. The first kappa shape index (κ1) is 10.7. The van der Waals surface area contributed by atoms with Crippen LogP contribution in [-0.4, -0.2) is 11.9 Å². The molecular weight excluding hydrogens is 204 g/mol. The minimum atomic E-state index is -0.882. The van der Waals surface area contributed by atoms with Crippen LogP contribution < -0.4 is 10.6 Å². The number of hydrogen-bond donors (Lipinski definition) is 2. The predicted molar refractivity (Wildman–Crippen MR) is 59.7 cm³/mol. The third-order valence-corrected chi connectivity index (χ3v) is 2.83. The van der Waals surface area contributed by atoms with E-state index in [2.05, 4.69) is 10.6 Å². The van der Waals surface area contributed by atoms with Gasteiger partial charge in [-0.3, -0.25) is 10.1 Å². The molecule has 0 aliphatic carbocycles. The Labute approximate surface area is 94.0 Å². The summed E-state index contributed by atoms with van der Waals surface area (Å²) in [4.78, 5) is 23.2. The first-order valence-electron chi connectivity index (χ1n) is 5.38. The van der Waals surface area contributed by atoms with E-state index in [4.69, 9.17) is 0 Å². The predicted octanol–water partition coefficient (Wildman–Crippen LogP) is 1.52. The lowest BCUT2D eigenvalue weighted by Crippen LogP contribution is -2.43. The highest BCUT2D eigenvalue weighted by atomic mass is 16.2. The van der Waals surface area contributed by atoms with E-state index in [0.29, 0.717) is 6.42 Å². The van der Waals surface area contributed by atoms with Gasteiger partial charge in [-0.15, -0.1) is 0 Å². The maximum atomic E-state index is 11.9. The van der Waals surface area contributed by atoms with Gasteiger partial charge in [-0.1, -0.05) is 43.7 Å². The van der Waals surface area contributed by atoms with Crippen molar-refractivity contribution in [3.8, 4) is 0 Å². The molecule has 1 unspecified atom stereocenters. The van der Waals surface area contributed by atoms with Gasteiger partial charge in [0.2, 0.25) is 0 Å². The number of nitrogens with one attached hydrogen (secondary N) is 2. The lowest BCUT2D eigenvalue weighted by Gasteiger charge is -2.25. The summed E-state index contributed by atoms with van der Waals surface area (Å²) < 4.78 is 0. The Bertz CT molecular complexity index is 416. The Morgan fingerprint density at radius 1 is 1.19 bits per heavy atom. The van der Waals surface area contributed by atoms with Crippen LogP contribution in [0.3, 0.4) is 0 Å². The van der Waals surface area contributed by atoms with E-state index >= 15 is 0 Å². The first-order valence-corrected chi connectivity index (χ1v) is 5.38. The Kier molecular flexibility index (Phi) is 2.64. The van der Waals surface area contributed by atoms with Crippen molar-refractivity contribution in [3.63, 3.8) is 0 Å². The summed E-state index contributed by atoms with van der Waals surface area (Å²) in [6, 6.07) is 8.93. The van der Waals surface area contributed by atoms with Crippen LogP contribution in [-0.2, 0) is 10.3 Å². The summed E-state index contributed by atoms with van der Waals surface area (Å²) in [6.07, 6.45) is 1.43. The molecule has 4 nitrogen and oxygen atoms in total. The van der Waals surface area contributed by atoms with Crippen molar-refractivity contribution in [1.82, 2.24) is 10.6 Å². The number of benzene rings is 1. The molecule has 0 bridgehead atoms. The van der Waals surface area contributed by atoms with Crippen molar-refractivity contribution >= 4 is 11.9 Å². The van der Waals surface area contributed by atoms with Crippen LogP contribution in [0.2, 0.25) is 0 Å². The maximum Gasteiger partial charge on any atom is 0.322 e. The fourth-order valence-corrected chi connectivity index (χ4v) is 2.11. The largest absolute Gasteiger partial charge is 0.322 e. The molecule has 3 amide bonds. The van der Waals surface area contributed by atoms with Crippen LogP contribution in [0.5, 0.6) is 0 Å². The zero-order valence-electron chi connectivity index (χ0n) is 9.12. The van der Waals surface area contributed by atoms with Gasteiger partial charge in [-0.25, -0.2) is 4.79 Å². The average Bonchev–Trinajstić information content (AvgIpc) is 2.57. The van der Waals surface area contributed by atoms with Gasteiger partial charge in [0.05, 0.1) is 0 Å². The first-order chi connectivity index (χ1) is 7.69. The normalized spacial score (nSPS) is 24.1. The molecule has 0 spiro atoms. The zero-order chi connectivity index (χ0) is 11.6. The molecule has 1 heterocycles. The van der Waals surface area contributed by atoms with E-state index in [1.807, 2.05) is 37.3 Å². The van der Waals surface area contributed by atoms with E-state index in [9.17, 15) is 9.59 Å². The number of urea groups is 1. The van der Waals surface area contributed by atoms with E-state index in [0.717, 1.165) is 12.0 Å². The van der Waals surface area contributed by atoms with Crippen LogP contribution in [0.25, 0.3) is 0 Å². The van der Waals surface area contributed by atoms with Crippen LogP contribution >= 0.6 is 0 Å². The van der Waals surface area contributed by atoms with Crippen LogP contribution in [0.15, 0.2) is 30.3 Å². The summed E-state index contributed by atoms with van der Waals surface area (Å²) in [6.45, 7) is 1.99. The second kappa shape index (κ2) is 3.96. The van der Waals surface area contributed by atoms with Crippen molar-refractivity contribution in [2.24, 2.45) is 0 Å². The van der Waals surface area contributed by atoms with Gasteiger partial charge in [0.25, 0.3) is 5.91 Å². The second-order valence-corrected chi connectivity index (χ2v) is 3.93. The number of rotatable bonds is 3. The summed E-state index contributed by atoms with van der Waals surface area (Å²) >= 11 is 0. The zero-order valence-corrected chi connectivity index (χ0v) is 9.12. The molecule has 0 radical (unpaired) electrons. The highest BCUT2D eigenvalue weighted by Gasteiger charge is 2.46. The standard InChI is InChI=1S/C12H14N2O2/c1-2-8-12(9-6-4-3-5-7-9)10(15)13-11(16)14-12/h3-7H,2,8H2,1H3,(H2,13,14,15,16). The van der Waals surface area contributed by atoms with E-state index in [-0.39, 0.29) is 5.91 Å². The number of carbonyl (C=O) groups is 2. The monoisotopic (exact) mass is 218 g/mol. The Balaban J connectivity index is 2.44. The minimum absolute atomic E-state index is 0.259. The number of amides is 3. The highest BCUT2D eigenvalue weighted by Crippen LogP contribution is 2.29. The summed E-state index contributed by atoms with van der Waals surface area (Å²) in [7, 11) is 0. The van der Waals surface area contributed by atoms with Crippen LogP contribution in [0.1, 0.15) is 25.3 Å². The maximum absolute atomic E-state index is 11.9. The van der Waals surface area contributed by atoms with Crippen molar-refractivity contribution in [2.45, 2.75) is 25.3 Å². The SMILES string of the molecule is CCCC1(c2ccccc2)NC(=O)NC1=O. The highest BCUT2D eigenvalue weighted by molar-refractivity contribution is 6.07. The number of imide groups is 1. The minimum Gasteiger partial charge on any atom is -0.319 e. The molecule has 16 heavy (non-hydrogen) atoms. The summed E-state index contributed by atoms with van der Waals surface area (Å²) in [5.41, 5.74) is -0.0483. The smallest absolute Gasteiger partial charge is 0.319 e. The van der Waals surface area contributed by atoms with Crippen molar-refractivity contribution < 1.29 is 9.59 Å². The summed E-state index contributed by atoms with van der Waals surface area (Å²) in [5, 5.41) is 5.04. The van der Waals surface area contributed by atoms with E-state index in [1.165, 1.54) is 0 Å². The molecular formula is C12H14N2O2. The molecule has 1 aliphatic heterocycles. The van der Waals surface area contributed by atoms with Gasteiger partial charge >= 0.3 is 6.03 Å². The van der Waals surface area contributed by atoms with E-state index in [1.54, 1.807) is 0 Å². The molecule has 1 aromatic rings. The van der Waals surface area contributed by atoms with Gasteiger partial charge in [0.1, 0.15) is 5.54 Å². The number of carbonyl (C=O) groups excluding carboxylic acids is 2. The third kappa shape index (κ3) is 1.56. The average molecular weight is 218 g/mol. The molecule has 4 heteroatoms. The molecule has 2 N–H and O–H groups in total. The van der Waals surface area contributed by atoms with Gasteiger partial charge in [-0.2, -0.15) is 0 Å². The Hall–Kier alpha value is -1.84. The molecule has 2 rings (SSSR count). The molecule has 1 aromatic carbocycles. The van der Waals surface area contributed by atoms with Gasteiger partial charge in [-0.05, 0) is 12.0 Å². The Morgan fingerprint density at radius 3 is 2.38 bits per heavy atom. The molecule has 1 fully saturated rings. The van der Waals surface area contributed by atoms with Gasteiger partial charge < -0.3 is 5.32 Å². The van der Waals surface area contributed by atoms with Crippen molar-refractivity contribution in [1.29, 1.82) is 0 Å². The summed E-state index contributed by atoms with van der Waals surface area (Å²) in [5.74, 6) is -0.259. The molecule has 0 aromatic heterocycles. The lowest BCUT2D eigenvalue weighted by molar-refractivity contribution is -0.124. The molecule has 0 saturated carbocycles. The van der Waals surface area contributed by atoms with Crippen LogP contribution in [0, 0.1) is 0 Å². The molecule has 84 valence electrons. The fourth-order valence-electron chi connectivity index (χ4n) is 2.11. The third-order valence-electron chi connectivity index (χ3n) is 2.83. The molecule has 1 atom stereocenters. The van der Waals surface area contributed by atoms with Crippen molar-refractivity contribution in [3.05, 3.63) is 35.9 Å². The van der Waals surface area contributed by atoms with E-state index < -0.39 is 11.6 Å². The van der Waals surface area contributed by atoms with Gasteiger partial charge in [0.15, 0.2) is 0 Å². The van der Waals surface area contributed by atoms with Crippen molar-refractivity contribution in [2.75, 3.05) is 0 Å².